The highest BCUT2D eigenvalue weighted by atomic mass is 79.9. The van der Waals surface area contributed by atoms with Gasteiger partial charge in [-0.1, -0.05) is 29.8 Å². The van der Waals surface area contributed by atoms with Crippen LogP contribution in [-0.4, -0.2) is 17.8 Å². The van der Waals surface area contributed by atoms with E-state index < -0.39 is 11.7 Å². The van der Waals surface area contributed by atoms with Gasteiger partial charge < -0.3 is 5.32 Å². The highest BCUT2D eigenvalue weighted by Crippen LogP contribution is 2.29. The monoisotopic (exact) mass is 351 g/mol. The molecular formula is C14H17BrF3NO. The molecule has 0 fully saturated rings. The van der Waals surface area contributed by atoms with Gasteiger partial charge in [0.25, 0.3) is 5.91 Å². The summed E-state index contributed by atoms with van der Waals surface area (Å²) in [6.45, 7) is 4.50. The van der Waals surface area contributed by atoms with Gasteiger partial charge in [-0.05, 0) is 36.1 Å². The first-order valence-electron chi connectivity index (χ1n) is 6.17. The Hall–Kier alpha value is -1.04. The van der Waals surface area contributed by atoms with Crippen molar-refractivity contribution in [2.24, 2.45) is 5.41 Å². The number of alkyl halides is 4. The van der Waals surface area contributed by atoms with Gasteiger partial charge in [-0.15, -0.1) is 0 Å². The van der Waals surface area contributed by atoms with E-state index in [1.54, 1.807) is 0 Å². The third-order valence-corrected chi connectivity index (χ3v) is 3.37. The maximum absolute atomic E-state index is 12.4. The molecule has 2 nitrogen and oxygen atoms in total. The molecular weight excluding hydrogens is 335 g/mol. The Morgan fingerprint density at radius 2 is 1.75 bits per heavy atom. The van der Waals surface area contributed by atoms with E-state index in [0.29, 0.717) is 6.54 Å². The number of rotatable bonds is 5. The van der Waals surface area contributed by atoms with E-state index >= 15 is 0 Å². The fraction of sp³-hybridized carbons (Fsp3) is 0.500. The number of nitrogens with one attached hydrogen (secondary N) is 1. The Balaban J connectivity index is 2.65. The van der Waals surface area contributed by atoms with Gasteiger partial charge in [0.1, 0.15) is 0 Å². The number of halogens is 4. The second-order valence-electron chi connectivity index (χ2n) is 5.36. The molecule has 0 spiro atoms. The standard InChI is InChI=1S/C14H17BrF3NO/c1-13(2,7-8-15)9-19-12(20)10-3-5-11(6-4-10)14(16,17)18/h3-6H,7-9H2,1-2H3,(H,19,20). The van der Waals surface area contributed by atoms with Crippen molar-refractivity contribution >= 4 is 21.8 Å². The molecule has 0 bridgehead atoms. The van der Waals surface area contributed by atoms with Crippen molar-refractivity contribution in [2.45, 2.75) is 26.4 Å². The third-order valence-electron chi connectivity index (χ3n) is 2.97. The van der Waals surface area contributed by atoms with Crippen LogP contribution in [-0.2, 0) is 6.18 Å². The second-order valence-corrected chi connectivity index (χ2v) is 6.15. The number of hydrogen-bond donors (Lipinski definition) is 1. The van der Waals surface area contributed by atoms with Crippen LogP contribution in [0, 0.1) is 5.41 Å². The van der Waals surface area contributed by atoms with Crippen molar-refractivity contribution in [3.8, 4) is 0 Å². The van der Waals surface area contributed by atoms with Gasteiger partial charge in [0.05, 0.1) is 5.56 Å². The summed E-state index contributed by atoms with van der Waals surface area (Å²) in [5.74, 6) is -0.360. The largest absolute Gasteiger partial charge is 0.416 e. The molecule has 0 heterocycles. The average molecular weight is 352 g/mol. The lowest BCUT2D eigenvalue weighted by molar-refractivity contribution is -0.137. The summed E-state index contributed by atoms with van der Waals surface area (Å²) in [5, 5.41) is 3.57. The van der Waals surface area contributed by atoms with Crippen LogP contribution >= 0.6 is 15.9 Å². The van der Waals surface area contributed by atoms with Crippen molar-refractivity contribution < 1.29 is 18.0 Å². The predicted molar refractivity (Wildman–Crippen MR) is 76.0 cm³/mol. The van der Waals surface area contributed by atoms with Crippen molar-refractivity contribution in [3.63, 3.8) is 0 Å². The van der Waals surface area contributed by atoms with E-state index in [1.807, 2.05) is 13.8 Å². The number of carbonyl (C=O) groups excluding carboxylic acids is 1. The third kappa shape index (κ3) is 5.15. The maximum Gasteiger partial charge on any atom is 0.416 e. The molecule has 1 aromatic carbocycles. The molecule has 112 valence electrons. The van der Waals surface area contributed by atoms with Crippen molar-refractivity contribution in [2.75, 3.05) is 11.9 Å². The summed E-state index contributed by atoms with van der Waals surface area (Å²) < 4.78 is 37.2. The van der Waals surface area contributed by atoms with Crippen LogP contribution < -0.4 is 5.32 Å². The van der Waals surface area contributed by atoms with E-state index in [9.17, 15) is 18.0 Å². The molecule has 1 N–H and O–H groups in total. The van der Waals surface area contributed by atoms with Gasteiger partial charge in [-0.25, -0.2) is 0 Å². The SMILES string of the molecule is CC(C)(CCBr)CNC(=O)c1ccc(C(F)(F)F)cc1. The van der Waals surface area contributed by atoms with Gasteiger partial charge in [-0.3, -0.25) is 4.79 Å². The van der Waals surface area contributed by atoms with Gasteiger partial charge in [0, 0.05) is 17.4 Å². The molecule has 0 aliphatic heterocycles. The first kappa shape index (κ1) is 17.0. The minimum Gasteiger partial charge on any atom is -0.352 e. The van der Waals surface area contributed by atoms with E-state index in [4.69, 9.17) is 0 Å². The van der Waals surface area contributed by atoms with Crippen LogP contribution in [0.2, 0.25) is 0 Å². The molecule has 0 atom stereocenters. The molecule has 20 heavy (non-hydrogen) atoms. The molecule has 0 unspecified atom stereocenters. The van der Waals surface area contributed by atoms with Gasteiger partial charge in [0.15, 0.2) is 0 Å². The highest BCUT2D eigenvalue weighted by molar-refractivity contribution is 9.09. The molecule has 0 aliphatic rings. The molecule has 1 amide bonds. The van der Waals surface area contributed by atoms with E-state index in [-0.39, 0.29) is 16.9 Å². The van der Waals surface area contributed by atoms with Gasteiger partial charge in [0.2, 0.25) is 0 Å². The number of carbonyl (C=O) groups is 1. The first-order valence-corrected chi connectivity index (χ1v) is 7.29. The van der Waals surface area contributed by atoms with Crippen LogP contribution in [0.15, 0.2) is 24.3 Å². The summed E-state index contributed by atoms with van der Waals surface area (Å²) >= 11 is 3.34. The molecule has 0 saturated heterocycles. The fourth-order valence-corrected chi connectivity index (χ4v) is 2.65. The zero-order valence-electron chi connectivity index (χ0n) is 11.4. The van der Waals surface area contributed by atoms with Gasteiger partial charge >= 0.3 is 6.18 Å². The molecule has 6 heteroatoms. The Kier molecular flexibility index (Phi) is 5.62. The molecule has 0 aromatic heterocycles. The highest BCUT2D eigenvalue weighted by Gasteiger charge is 2.30. The van der Waals surface area contributed by atoms with Crippen LogP contribution in [0.1, 0.15) is 36.2 Å². The summed E-state index contributed by atoms with van der Waals surface area (Å²) in [6, 6.07) is 4.21. The Bertz CT molecular complexity index is 454. The van der Waals surface area contributed by atoms with Crippen molar-refractivity contribution in [1.29, 1.82) is 0 Å². The van der Waals surface area contributed by atoms with E-state index in [0.717, 1.165) is 23.9 Å². The van der Waals surface area contributed by atoms with Crippen LogP contribution in [0.5, 0.6) is 0 Å². The molecule has 0 radical (unpaired) electrons. The van der Waals surface area contributed by atoms with Crippen LogP contribution in [0.25, 0.3) is 0 Å². The maximum atomic E-state index is 12.4. The van der Waals surface area contributed by atoms with Crippen LogP contribution in [0.3, 0.4) is 0 Å². The molecule has 1 rings (SSSR count). The lowest BCUT2D eigenvalue weighted by atomic mass is 9.90. The first-order chi connectivity index (χ1) is 9.15. The zero-order chi connectivity index (χ0) is 15.4. The smallest absolute Gasteiger partial charge is 0.352 e. The normalized spacial score (nSPS) is 12.3. The Morgan fingerprint density at radius 1 is 1.20 bits per heavy atom. The minimum atomic E-state index is -4.38. The van der Waals surface area contributed by atoms with Crippen molar-refractivity contribution in [1.82, 2.24) is 5.32 Å². The number of benzene rings is 1. The van der Waals surface area contributed by atoms with Gasteiger partial charge in [-0.2, -0.15) is 13.2 Å². The Morgan fingerprint density at radius 3 is 2.20 bits per heavy atom. The predicted octanol–water partition coefficient (Wildman–Crippen LogP) is 4.25. The summed E-state index contributed by atoms with van der Waals surface area (Å²) in [6.07, 6.45) is -3.49. The van der Waals surface area contributed by atoms with Crippen LogP contribution in [0.4, 0.5) is 13.2 Å². The minimum absolute atomic E-state index is 0.0644. The average Bonchev–Trinajstić information content (AvgIpc) is 2.35. The lowest BCUT2D eigenvalue weighted by Crippen LogP contribution is -2.34. The summed E-state index contributed by atoms with van der Waals surface area (Å²) in [7, 11) is 0. The second kappa shape index (κ2) is 6.61. The number of amides is 1. The molecule has 1 aromatic rings. The quantitative estimate of drug-likeness (QED) is 0.789. The van der Waals surface area contributed by atoms with E-state index in [1.165, 1.54) is 12.1 Å². The fourth-order valence-electron chi connectivity index (χ4n) is 1.58. The summed E-state index contributed by atoms with van der Waals surface area (Å²) in [5.41, 5.74) is -0.591. The lowest BCUT2D eigenvalue weighted by Gasteiger charge is -2.23. The topological polar surface area (TPSA) is 29.1 Å². The van der Waals surface area contributed by atoms with Crippen molar-refractivity contribution in [3.05, 3.63) is 35.4 Å². The number of hydrogen-bond acceptors (Lipinski definition) is 1. The molecule has 0 saturated carbocycles. The summed E-state index contributed by atoms with van der Waals surface area (Å²) in [4.78, 5) is 11.9. The molecule has 0 aliphatic carbocycles. The zero-order valence-corrected chi connectivity index (χ0v) is 12.9. The van der Waals surface area contributed by atoms with E-state index in [2.05, 4.69) is 21.2 Å². The Labute approximate surface area is 124 Å².